The molecule has 3 heterocycles. The van der Waals surface area contributed by atoms with Crippen LogP contribution < -0.4 is 0 Å². The average Bonchev–Trinajstić information content (AvgIpc) is 3.17. The van der Waals surface area contributed by atoms with Gasteiger partial charge in [-0.1, -0.05) is 24.3 Å². The number of aliphatic carboxylic acids is 1. The fourth-order valence-electron chi connectivity index (χ4n) is 5.49. The van der Waals surface area contributed by atoms with Gasteiger partial charge in [0.05, 0.1) is 5.92 Å². The normalized spacial score (nSPS) is 33.2. The lowest BCUT2D eigenvalue weighted by Crippen LogP contribution is -2.44. The first-order valence-corrected chi connectivity index (χ1v) is 12.0. The van der Waals surface area contributed by atoms with E-state index in [0.29, 0.717) is 22.3 Å². The van der Waals surface area contributed by atoms with E-state index in [1.54, 1.807) is 11.8 Å². The maximum absolute atomic E-state index is 12.6. The first-order valence-electron chi connectivity index (χ1n) is 10.9. The van der Waals surface area contributed by atoms with E-state index in [4.69, 9.17) is 4.74 Å². The summed E-state index contributed by atoms with van der Waals surface area (Å²) in [6, 6.07) is 8.93. The van der Waals surface area contributed by atoms with E-state index in [1.165, 1.54) is 17.5 Å². The first-order chi connectivity index (χ1) is 14.1. The molecule has 4 fully saturated rings. The van der Waals surface area contributed by atoms with E-state index < -0.39 is 5.97 Å². The Hall–Kier alpha value is -1.53. The molecule has 0 bridgehead atoms. The SMILES string of the molecule is O=C(O)C1CSC(c2ccc([C@@H]3CC34CCN(C(=O)[C@H]3CCCO3)CC4)cc2)C1. The molecule has 1 aliphatic carbocycles. The summed E-state index contributed by atoms with van der Waals surface area (Å²) in [6.45, 7) is 2.45. The van der Waals surface area contributed by atoms with Gasteiger partial charge in [0.25, 0.3) is 5.91 Å². The van der Waals surface area contributed by atoms with Crippen molar-refractivity contribution in [3.63, 3.8) is 0 Å². The molecular weight excluding hydrogens is 386 g/mol. The predicted molar refractivity (Wildman–Crippen MR) is 112 cm³/mol. The van der Waals surface area contributed by atoms with E-state index in [0.717, 1.165) is 51.8 Å². The van der Waals surface area contributed by atoms with Crippen LogP contribution in [0.5, 0.6) is 0 Å². The minimum Gasteiger partial charge on any atom is -0.481 e. The molecule has 5 nitrogen and oxygen atoms in total. The van der Waals surface area contributed by atoms with Crippen LogP contribution in [-0.2, 0) is 14.3 Å². The van der Waals surface area contributed by atoms with Gasteiger partial charge in [-0.2, -0.15) is 11.8 Å². The Labute approximate surface area is 176 Å². The van der Waals surface area contributed by atoms with Crippen molar-refractivity contribution in [1.29, 1.82) is 0 Å². The van der Waals surface area contributed by atoms with Crippen molar-refractivity contribution in [2.45, 2.75) is 55.8 Å². The van der Waals surface area contributed by atoms with Crippen LogP contribution in [0.2, 0.25) is 0 Å². The van der Waals surface area contributed by atoms with Crippen molar-refractivity contribution in [3.05, 3.63) is 35.4 Å². The highest BCUT2D eigenvalue weighted by Gasteiger charge is 2.55. The maximum atomic E-state index is 12.6. The van der Waals surface area contributed by atoms with Crippen molar-refractivity contribution < 1.29 is 19.4 Å². The number of nitrogens with zero attached hydrogens (tertiary/aromatic N) is 1. The van der Waals surface area contributed by atoms with Gasteiger partial charge in [-0.25, -0.2) is 0 Å². The molecule has 6 heteroatoms. The third kappa shape index (κ3) is 3.70. The monoisotopic (exact) mass is 415 g/mol. The third-order valence-electron chi connectivity index (χ3n) is 7.52. The zero-order chi connectivity index (χ0) is 20.0. The molecule has 5 rings (SSSR count). The van der Waals surface area contributed by atoms with Crippen LogP contribution in [0.25, 0.3) is 0 Å². The second-order valence-corrected chi connectivity index (χ2v) is 10.4. The number of carboxylic acid groups (broad SMARTS) is 1. The molecule has 1 N–H and O–H groups in total. The molecule has 1 amide bonds. The highest BCUT2D eigenvalue weighted by Crippen LogP contribution is 2.65. The van der Waals surface area contributed by atoms with Crippen molar-refractivity contribution in [2.75, 3.05) is 25.4 Å². The number of rotatable bonds is 4. The van der Waals surface area contributed by atoms with Crippen molar-refractivity contribution in [2.24, 2.45) is 11.3 Å². The number of benzene rings is 1. The van der Waals surface area contributed by atoms with E-state index >= 15 is 0 Å². The van der Waals surface area contributed by atoms with E-state index in [2.05, 4.69) is 24.3 Å². The van der Waals surface area contributed by atoms with E-state index in [1.807, 2.05) is 4.90 Å². The molecule has 4 aliphatic rings. The molecule has 1 spiro atoms. The van der Waals surface area contributed by atoms with E-state index in [9.17, 15) is 14.7 Å². The topological polar surface area (TPSA) is 66.8 Å². The molecule has 1 saturated carbocycles. The van der Waals surface area contributed by atoms with Gasteiger partial charge in [-0.05, 0) is 61.0 Å². The van der Waals surface area contributed by atoms with Gasteiger partial charge < -0.3 is 14.7 Å². The molecule has 1 aromatic carbocycles. The van der Waals surface area contributed by atoms with Crippen molar-refractivity contribution >= 4 is 23.6 Å². The molecule has 0 aromatic heterocycles. The number of carboxylic acids is 1. The predicted octanol–water partition coefficient (Wildman–Crippen LogP) is 3.84. The quantitative estimate of drug-likeness (QED) is 0.809. The maximum Gasteiger partial charge on any atom is 0.307 e. The number of carbonyl (C=O) groups excluding carboxylic acids is 1. The summed E-state index contributed by atoms with van der Waals surface area (Å²) in [5.74, 6) is 0.654. The molecular formula is C23H29NO4S. The molecule has 3 saturated heterocycles. The fraction of sp³-hybridized carbons (Fsp3) is 0.652. The van der Waals surface area contributed by atoms with Gasteiger partial charge in [0.1, 0.15) is 6.10 Å². The number of hydrogen-bond donors (Lipinski definition) is 1. The molecule has 29 heavy (non-hydrogen) atoms. The molecule has 4 atom stereocenters. The number of amides is 1. The number of thioether (sulfide) groups is 1. The summed E-state index contributed by atoms with van der Waals surface area (Å²) in [7, 11) is 0. The Morgan fingerprint density at radius 3 is 2.48 bits per heavy atom. The summed E-state index contributed by atoms with van der Waals surface area (Å²) in [5, 5.41) is 9.52. The smallest absolute Gasteiger partial charge is 0.307 e. The number of carbonyl (C=O) groups is 2. The molecule has 0 radical (unpaired) electrons. The minimum absolute atomic E-state index is 0.194. The van der Waals surface area contributed by atoms with Crippen LogP contribution >= 0.6 is 11.8 Å². The summed E-state index contributed by atoms with van der Waals surface area (Å²) in [5.41, 5.74) is 3.05. The first kappa shape index (κ1) is 19.4. The Bertz CT molecular complexity index is 781. The second-order valence-electron chi connectivity index (χ2n) is 9.21. The Balaban J connectivity index is 1.17. The van der Waals surface area contributed by atoms with Crippen LogP contribution in [0, 0.1) is 11.3 Å². The van der Waals surface area contributed by atoms with Gasteiger partial charge in [0.15, 0.2) is 0 Å². The molecule has 2 unspecified atom stereocenters. The van der Waals surface area contributed by atoms with Gasteiger partial charge in [0.2, 0.25) is 0 Å². The number of piperidine rings is 1. The summed E-state index contributed by atoms with van der Waals surface area (Å²) in [4.78, 5) is 25.8. The van der Waals surface area contributed by atoms with E-state index in [-0.39, 0.29) is 17.9 Å². The summed E-state index contributed by atoms with van der Waals surface area (Å²) in [6.07, 6.45) is 5.84. The van der Waals surface area contributed by atoms with Crippen LogP contribution in [0.1, 0.15) is 60.8 Å². The zero-order valence-electron chi connectivity index (χ0n) is 16.7. The number of ether oxygens (including phenoxy) is 1. The summed E-state index contributed by atoms with van der Waals surface area (Å²) < 4.78 is 5.57. The highest BCUT2D eigenvalue weighted by atomic mass is 32.2. The van der Waals surface area contributed by atoms with Gasteiger partial charge in [-0.15, -0.1) is 0 Å². The number of likely N-dealkylation sites (tertiary alicyclic amines) is 1. The molecule has 156 valence electrons. The Kier molecular flexibility index (Phi) is 5.11. The fourth-order valence-corrected chi connectivity index (χ4v) is 6.96. The van der Waals surface area contributed by atoms with Gasteiger partial charge >= 0.3 is 5.97 Å². The lowest BCUT2D eigenvalue weighted by Gasteiger charge is -2.34. The van der Waals surface area contributed by atoms with Gasteiger partial charge in [-0.3, -0.25) is 9.59 Å². The van der Waals surface area contributed by atoms with Crippen molar-refractivity contribution in [1.82, 2.24) is 4.90 Å². The Morgan fingerprint density at radius 2 is 1.86 bits per heavy atom. The Morgan fingerprint density at radius 1 is 1.14 bits per heavy atom. The van der Waals surface area contributed by atoms with Crippen LogP contribution in [0.4, 0.5) is 0 Å². The van der Waals surface area contributed by atoms with Crippen LogP contribution in [0.3, 0.4) is 0 Å². The average molecular weight is 416 g/mol. The lowest BCUT2D eigenvalue weighted by molar-refractivity contribution is -0.142. The van der Waals surface area contributed by atoms with Gasteiger partial charge in [0, 0.05) is 30.7 Å². The van der Waals surface area contributed by atoms with Crippen LogP contribution in [-0.4, -0.2) is 53.4 Å². The molecule has 3 aliphatic heterocycles. The highest BCUT2D eigenvalue weighted by molar-refractivity contribution is 7.99. The standard InChI is InChI=1S/C23H29NO4S/c25-21(19-2-1-11-28-19)24-9-7-23(8-10-24)13-18(23)15-3-5-16(6-4-15)20-12-17(14-29-20)22(26)27/h3-6,17-20H,1-2,7-14H2,(H,26,27)/t17?,18-,19+,20?/m0/s1. The minimum atomic E-state index is -0.666. The third-order valence-corrected chi connectivity index (χ3v) is 8.98. The molecule has 1 aromatic rings. The zero-order valence-corrected chi connectivity index (χ0v) is 17.5. The van der Waals surface area contributed by atoms with Crippen LogP contribution in [0.15, 0.2) is 24.3 Å². The number of hydrogen-bond acceptors (Lipinski definition) is 4. The van der Waals surface area contributed by atoms with Crippen molar-refractivity contribution in [3.8, 4) is 0 Å². The second kappa shape index (κ2) is 7.62. The largest absolute Gasteiger partial charge is 0.481 e. The lowest BCUT2D eigenvalue weighted by atomic mass is 9.88. The summed E-state index contributed by atoms with van der Waals surface area (Å²) >= 11 is 1.77.